The molecule has 2 saturated heterocycles. The molecule has 1 N–H and O–H groups in total. The Hall–Kier alpha value is -2.86. The van der Waals surface area contributed by atoms with Gasteiger partial charge >= 0.3 is 0 Å². The zero-order chi connectivity index (χ0) is 20.8. The molecule has 4 rings (SSSR count). The lowest BCUT2D eigenvalue weighted by Gasteiger charge is -2.70. The largest absolute Gasteiger partial charge is 0.497 e. The van der Waals surface area contributed by atoms with Gasteiger partial charge in [-0.25, -0.2) is 0 Å². The van der Waals surface area contributed by atoms with Gasteiger partial charge in [0.05, 0.1) is 25.3 Å². The van der Waals surface area contributed by atoms with E-state index in [0.717, 1.165) is 22.4 Å². The number of hydrogen-bond donors (Lipinski definition) is 1. The van der Waals surface area contributed by atoms with E-state index in [1.54, 1.807) is 23.8 Å². The van der Waals surface area contributed by atoms with Crippen LogP contribution in [-0.2, 0) is 9.59 Å². The number of methoxy groups -OCH3 is 1. The van der Waals surface area contributed by atoms with E-state index in [1.165, 1.54) is 6.92 Å². The first-order valence-electron chi connectivity index (χ1n) is 9.82. The van der Waals surface area contributed by atoms with Crippen LogP contribution in [0.4, 0.5) is 0 Å². The van der Waals surface area contributed by atoms with Crippen molar-refractivity contribution in [2.45, 2.75) is 31.3 Å². The minimum atomic E-state index is -0.414. The first kappa shape index (κ1) is 19.5. The molecule has 2 aromatic carbocycles. The predicted octanol–water partition coefficient (Wildman–Crippen LogP) is 2.27. The first-order chi connectivity index (χ1) is 13.9. The van der Waals surface area contributed by atoms with Crippen molar-refractivity contribution in [3.05, 3.63) is 54.1 Å². The Morgan fingerprint density at radius 1 is 1.07 bits per heavy atom. The maximum Gasteiger partial charge on any atom is 0.220 e. The second-order valence-electron chi connectivity index (χ2n) is 7.95. The third kappa shape index (κ3) is 2.99. The van der Waals surface area contributed by atoms with Crippen molar-refractivity contribution in [2.75, 3.05) is 26.8 Å². The Kier molecular flexibility index (Phi) is 4.82. The molecule has 0 saturated carbocycles. The monoisotopic (exact) mass is 394 g/mol. The molecule has 2 heterocycles. The molecule has 0 unspecified atom stereocenters. The van der Waals surface area contributed by atoms with Crippen LogP contribution in [0.1, 0.15) is 25.3 Å². The van der Waals surface area contributed by atoms with Crippen molar-refractivity contribution < 1.29 is 19.4 Å². The first-order valence-corrected chi connectivity index (χ1v) is 9.82. The molecule has 2 aliphatic heterocycles. The lowest BCUT2D eigenvalue weighted by molar-refractivity contribution is -0.200. The molecule has 2 fully saturated rings. The van der Waals surface area contributed by atoms with Gasteiger partial charge in [0, 0.05) is 32.9 Å². The van der Waals surface area contributed by atoms with E-state index >= 15 is 0 Å². The molecule has 29 heavy (non-hydrogen) atoms. The minimum absolute atomic E-state index is 0.00589. The fourth-order valence-corrected chi connectivity index (χ4v) is 5.04. The Morgan fingerprint density at radius 2 is 1.76 bits per heavy atom. The van der Waals surface area contributed by atoms with Crippen molar-refractivity contribution >= 4 is 11.8 Å². The van der Waals surface area contributed by atoms with E-state index in [9.17, 15) is 14.7 Å². The second-order valence-corrected chi connectivity index (χ2v) is 7.95. The molecular weight excluding hydrogens is 368 g/mol. The zero-order valence-corrected chi connectivity index (χ0v) is 17.0. The summed E-state index contributed by atoms with van der Waals surface area (Å²) in [5.41, 5.74) is 2.80. The molecule has 6 nitrogen and oxygen atoms in total. The van der Waals surface area contributed by atoms with Crippen molar-refractivity contribution in [3.63, 3.8) is 0 Å². The van der Waals surface area contributed by atoms with Crippen molar-refractivity contribution in [1.82, 2.24) is 9.80 Å². The van der Waals surface area contributed by atoms with E-state index in [-0.39, 0.29) is 30.4 Å². The van der Waals surface area contributed by atoms with Crippen LogP contribution in [0.3, 0.4) is 0 Å². The molecule has 2 atom stereocenters. The fraction of sp³-hybridized carbons (Fsp3) is 0.391. The number of rotatable bonds is 4. The van der Waals surface area contributed by atoms with Gasteiger partial charge in [-0.2, -0.15) is 0 Å². The van der Waals surface area contributed by atoms with Crippen molar-refractivity contribution in [1.29, 1.82) is 0 Å². The maximum atomic E-state index is 12.3. The summed E-state index contributed by atoms with van der Waals surface area (Å²) in [5.74, 6) is 0.766. The third-order valence-electron chi connectivity index (χ3n) is 6.35. The molecule has 0 radical (unpaired) electrons. The van der Waals surface area contributed by atoms with E-state index < -0.39 is 5.54 Å². The second kappa shape index (κ2) is 7.19. The third-order valence-corrected chi connectivity index (χ3v) is 6.35. The highest BCUT2D eigenvalue weighted by Crippen LogP contribution is 2.53. The van der Waals surface area contributed by atoms with Crippen LogP contribution >= 0.6 is 0 Å². The number of amides is 2. The number of likely N-dealkylation sites (tertiary alicyclic amines) is 2. The molecule has 152 valence electrons. The SMILES string of the molecule is COc1cccc(-c2ccc([C@H]3[C@H](CO)N(C(C)=O)C34CN(C(C)=O)C4)cc2)c1. The average Bonchev–Trinajstić information content (AvgIpc) is 2.66. The maximum absolute atomic E-state index is 12.3. The standard InChI is InChI=1S/C23H26N2O4/c1-15(27)24-13-23(14-24)22(21(12-26)25(23)16(2)28)18-9-7-17(8-10-18)19-5-4-6-20(11-19)29-3/h4-11,21-22,26H,12-14H2,1-3H3/t21-,22-/m0/s1. The van der Waals surface area contributed by atoms with Gasteiger partial charge in [-0.3, -0.25) is 9.59 Å². The molecule has 0 bridgehead atoms. The van der Waals surface area contributed by atoms with Gasteiger partial charge in [-0.1, -0.05) is 36.4 Å². The Labute approximate surface area is 170 Å². The van der Waals surface area contributed by atoms with Crippen LogP contribution in [0.25, 0.3) is 11.1 Å². The number of benzene rings is 2. The smallest absolute Gasteiger partial charge is 0.220 e. The van der Waals surface area contributed by atoms with Gasteiger partial charge in [0.25, 0.3) is 0 Å². The summed E-state index contributed by atoms with van der Waals surface area (Å²) < 4.78 is 5.31. The topological polar surface area (TPSA) is 70.1 Å². The summed E-state index contributed by atoms with van der Waals surface area (Å²) in [5, 5.41) is 9.97. The van der Waals surface area contributed by atoms with E-state index in [1.807, 2.05) is 24.3 Å². The number of ether oxygens (including phenoxy) is 1. The molecule has 6 heteroatoms. The number of carbonyl (C=O) groups excluding carboxylic acids is 2. The van der Waals surface area contributed by atoms with Crippen LogP contribution in [0, 0.1) is 0 Å². The average molecular weight is 394 g/mol. The quantitative estimate of drug-likeness (QED) is 0.864. The summed E-state index contributed by atoms with van der Waals surface area (Å²) in [6.07, 6.45) is 0. The highest BCUT2D eigenvalue weighted by atomic mass is 16.5. The van der Waals surface area contributed by atoms with Gasteiger partial charge in [0.15, 0.2) is 0 Å². The normalized spacial score (nSPS) is 22.1. The molecular formula is C23H26N2O4. The minimum Gasteiger partial charge on any atom is -0.497 e. The summed E-state index contributed by atoms with van der Waals surface area (Å²) >= 11 is 0. The Bertz CT molecular complexity index is 934. The summed E-state index contributed by atoms with van der Waals surface area (Å²) in [4.78, 5) is 27.5. The lowest BCUT2D eigenvalue weighted by Crippen LogP contribution is -2.85. The molecule has 0 aliphatic carbocycles. The Morgan fingerprint density at radius 3 is 2.31 bits per heavy atom. The number of hydrogen-bond acceptors (Lipinski definition) is 4. The van der Waals surface area contributed by atoms with Gasteiger partial charge in [0.1, 0.15) is 5.75 Å². The van der Waals surface area contributed by atoms with Gasteiger partial charge in [0.2, 0.25) is 11.8 Å². The summed E-state index contributed by atoms with van der Waals surface area (Å²) in [7, 11) is 1.65. The van der Waals surface area contributed by atoms with Crippen LogP contribution in [0.5, 0.6) is 5.75 Å². The van der Waals surface area contributed by atoms with Crippen molar-refractivity contribution in [2.24, 2.45) is 0 Å². The van der Waals surface area contributed by atoms with E-state index in [0.29, 0.717) is 13.1 Å². The number of aliphatic hydroxyl groups is 1. The number of nitrogens with zero attached hydrogens (tertiary/aromatic N) is 2. The van der Waals surface area contributed by atoms with Crippen molar-refractivity contribution in [3.8, 4) is 16.9 Å². The lowest BCUT2D eigenvalue weighted by atomic mass is 9.60. The number of carbonyl (C=O) groups is 2. The van der Waals surface area contributed by atoms with Gasteiger partial charge < -0.3 is 19.6 Å². The fourth-order valence-electron chi connectivity index (χ4n) is 5.04. The molecule has 2 amide bonds. The highest BCUT2D eigenvalue weighted by molar-refractivity contribution is 5.80. The van der Waals surface area contributed by atoms with Gasteiger partial charge in [-0.05, 0) is 28.8 Å². The molecule has 2 aliphatic rings. The van der Waals surface area contributed by atoms with E-state index in [4.69, 9.17) is 4.74 Å². The predicted molar refractivity (Wildman–Crippen MR) is 110 cm³/mol. The molecule has 1 spiro atoms. The zero-order valence-electron chi connectivity index (χ0n) is 17.0. The summed E-state index contributed by atoms with van der Waals surface area (Å²) in [6.45, 7) is 4.01. The molecule has 2 aromatic rings. The molecule has 0 aromatic heterocycles. The Balaban J connectivity index is 1.63. The highest BCUT2D eigenvalue weighted by Gasteiger charge is 2.67. The summed E-state index contributed by atoms with van der Waals surface area (Å²) in [6, 6.07) is 15.9. The van der Waals surface area contributed by atoms with E-state index in [2.05, 4.69) is 24.3 Å². The number of aliphatic hydroxyl groups excluding tert-OH is 1. The van der Waals surface area contributed by atoms with Gasteiger partial charge in [-0.15, -0.1) is 0 Å². The van der Waals surface area contributed by atoms with Crippen LogP contribution in [0.2, 0.25) is 0 Å². The van der Waals surface area contributed by atoms with Crippen LogP contribution < -0.4 is 4.74 Å². The van der Waals surface area contributed by atoms with Crippen LogP contribution in [-0.4, -0.2) is 65.1 Å². The van der Waals surface area contributed by atoms with Crippen LogP contribution in [0.15, 0.2) is 48.5 Å².